The molecule has 0 aliphatic carbocycles. The number of hydrogen-bond donors (Lipinski definition) is 2. The molecule has 0 aliphatic heterocycles. The first-order chi connectivity index (χ1) is 5.22. The molecule has 0 radical (unpaired) electrons. The molecule has 3 nitrogen and oxygen atoms in total. The number of amides is 1. The molecule has 2 N–H and O–H groups in total. The summed E-state index contributed by atoms with van der Waals surface area (Å²) >= 11 is 0. The molecular formula is C8H12N2O. The number of aryl methyl sites for hydroxylation is 1. The van der Waals surface area contributed by atoms with E-state index in [-0.39, 0.29) is 5.91 Å². The zero-order valence-corrected chi connectivity index (χ0v) is 6.77. The van der Waals surface area contributed by atoms with Gasteiger partial charge in [0.25, 0.3) is 0 Å². The van der Waals surface area contributed by atoms with Crippen LogP contribution in [-0.4, -0.2) is 10.9 Å². The molecule has 11 heavy (non-hydrogen) atoms. The molecule has 0 bridgehead atoms. The lowest BCUT2D eigenvalue weighted by molar-refractivity contribution is -0.115. The summed E-state index contributed by atoms with van der Waals surface area (Å²) in [6.07, 6.45) is 2.30. The van der Waals surface area contributed by atoms with Crippen molar-refractivity contribution >= 4 is 11.6 Å². The third kappa shape index (κ3) is 2.11. The lowest BCUT2D eigenvalue weighted by atomic mass is 10.4. The highest BCUT2D eigenvalue weighted by Crippen LogP contribution is 2.07. The zero-order valence-electron chi connectivity index (χ0n) is 6.77. The van der Waals surface area contributed by atoms with Gasteiger partial charge in [0.1, 0.15) is 0 Å². The molecule has 0 atom stereocenters. The number of hydrogen-bond acceptors (Lipinski definition) is 1. The molecular weight excluding hydrogens is 140 g/mol. The van der Waals surface area contributed by atoms with Crippen LogP contribution in [0.5, 0.6) is 0 Å². The number of aromatic nitrogens is 1. The first-order valence-electron chi connectivity index (χ1n) is 3.67. The van der Waals surface area contributed by atoms with Crippen LogP contribution < -0.4 is 5.32 Å². The van der Waals surface area contributed by atoms with Gasteiger partial charge in [0.05, 0.1) is 5.69 Å². The first kappa shape index (κ1) is 7.85. The molecule has 0 aliphatic rings. The van der Waals surface area contributed by atoms with Gasteiger partial charge in [-0.05, 0) is 13.0 Å². The molecule has 0 saturated heterocycles. The third-order valence-electron chi connectivity index (χ3n) is 1.43. The number of carbonyl (C=O) groups is 1. The summed E-state index contributed by atoms with van der Waals surface area (Å²) in [5, 5.41) is 2.74. The van der Waals surface area contributed by atoms with Gasteiger partial charge in [-0.15, -0.1) is 0 Å². The van der Waals surface area contributed by atoms with Crippen LogP contribution in [0.1, 0.15) is 19.0 Å². The highest BCUT2D eigenvalue weighted by molar-refractivity contribution is 5.90. The molecule has 0 spiro atoms. The molecule has 0 fully saturated rings. The highest BCUT2D eigenvalue weighted by Gasteiger charge is 1.98. The van der Waals surface area contributed by atoms with Crippen molar-refractivity contribution in [2.45, 2.75) is 20.3 Å². The minimum absolute atomic E-state index is 0.0454. The number of aromatic amines is 1. The molecule has 60 valence electrons. The molecule has 0 saturated carbocycles. The largest absolute Gasteiger partial charge is 0.363 e. The van der Waals surface area contributed by atoms with E-state index in [0.29, 0.717) is 6.42 Å². The predicted octanol–water partition coefficient (Wildman–Crippen LogP) is 1.67. The van der Waals surface area contributed by atoms with E-state index in [2.05, 4.69) is 10.3 Å². The van der Waals surface area contributed by atoms with Crippen LogP contribution in [0.4, 0.5) is 5.69 Å². The lowest BCUT2D eigenvalue weighted by Crippen LogP contribution is -2.08. The summed E-state index contributed by atoms with van der Waals surface area (Å²) in [7, 11) is 0. The summed E-state index contributed by atoms with van der Waals surface area (Å²) in [5.41, 5.74) is 1.89. The van der Waals surface area contributed by atoms with Crippen LogP contribution in [0.25, 0.3) is 0 Å². The quantitative estimate of drug-likeness (QED) is 0.665. The molecule has 1 amide bonds. The fourth-order valence-electron chi connectivity index (χ4n) is 0.830. The van der Waals surface area contributed by atoms with Crippen LogP contribution in [-0.2, 0) is 4.79 Å². The van der Waals surface area contributed by atoms with Crippen molar-refractivity contribution in [3.05, 3.63) is 18.0 Å². The van der Waals surface area contributed by atoms with E-state index in [4.69, 9.17) is 0 Å². The minimum atomic E-state index is 0.0454. The van der Waals surface area contributed by atoms with E-state index in [1.165, 1.54) is 0 Å². The second-order valence-corrected chi connectivity index (χ2v) is 2.47. The van der Waals surface area contributed by atoms with Crippen LogP contribution >= 0.6 is 0 Å². The third-order valence-corrected chi connectivity index (χ3v) is 1.43. The Morgan fingerprint density at radius 3 is 2.91 bits per heavy atom. The van der Waals surface area contributed by atoms with Gasteiger partial charge >= 0.3 is 0 Å². The average molecular weight is 152 g/mol. The van der Waals surface area contributed by atoms with Crippen LogP contribution in [0.3, 0.4) is 0 Å². The van der Waals surface area contributed by atoms with Crippen molar-refractivity contribution in [2.75, 3.05) is 5.32 Å². The molecule has 1 aromatic rings. The SMILES string of the molecule is CCC(=O)Nc1c[nH]c(C)c1. The second-order valence-electron chi connectivity index (χ2n) is 2.47. The second kappa shape index (κ2) is 3.23. The molecule has 1 rings (SSSR count). The monoisotopic (exact) mass is 152 g/mol. The van der Waals surface area contributed by atoms with Gasteiger partial charge in [0.15, 0.2) is 0 Å². The van der Waals surface area contributed by atoms with E-state index < -0.39 is 0 Å². The van der Waals surface area contributed by atoms with Gasteiger partial charge < -0.3 is 10.3 Å². The Hall–Kier alpha value is -1.25. The molecule has 0 aromatic carbocycles. The van der Waals surface area contributed by atoms with E-state index >= 15 is 0 Å². The predicted molar refractivity (Wildman–Crippen MR) is 44.5 cm³/mol. The maximum absolute atomic E-state index is 10.9. The molecule has 1 heterocycles. The summed E-state index contributed by atoms with van der Waals surface area (Å²) in [4.78, 5) is 13.8. The Labute approximate surface area is 65.8 Å². The first-order valence-corrected chi connectivity index (χ1v) is 3.67. The molecule has 1 aromatic heterocycles. The molecule has 3 heteroatoms. The summed E-state index contributed by atoms with van der Waals surface area (Å²) in [6, 6.07) is 1.90. The fraction of sp³-hybridized carbons (Fsp3) is 0.375. The zero-order chi connectivity index (χ0) is 8.27. The average Bonchev–Trinajstić information content (AvgIpc) is 2.35. The minimum Gasteiger partial charge on any atom is -0.363 e. The van der Waals surface area contributed by atoms with Crippen LogP contribution in [0, 0.1) is 6.92 Å². The van der Waals surface area contributed by atoms with Crippen molar-refractivity contribution in [3.63, 3.8) is 0 Å². The molecule has 0 unspecified atom stereocenters. The summed E-state index contributed by atoms with van der Waals surface area (Å²) in [5.74, 6) is 0.0454. The lowest BCUT2D eigenvalue weighted by Gasteiger charge is -1.96. The van der Waals surface area contributed by atoms with Crippen molar-refractivity contribution in [1.82, 2.24) is 4.98 Å². The van der Waals surface area contributed by atoms with Gasteiger partial charge in [-0.3, -0.25) is 4.79 Å². The summed E-state index contributed by atoms with van der Waals surface area (Å²) < 4.78 is 0. The Bertz CT molecular complexity index is 252. The Kier molecular flexibility index (Phi) is 2.31. The maximum Gasteiger partial charge on any atom is 0.224 e. The van der Waals surface area contributed by atoms with Crippen molar-refractivity contribution in [3.8, 4) is 0 Å². The van der Waals surface area contributed by atoms with E-state index in [1.807, 2.05) is 19.9 Å². The number of H-pyrrole nitrogens is 1. The van der Waals surface area contributed by atoms with Crippen molar-refractivity contribution < 1.29 is 4.79 Å². The number of nitrogens with one attached hydrogen (secondary N) is 2. The number of rotatable bonds is 2. The topological polar surface area (TPSA) is 44.9 Å². The van der Waals surface area contributed by atoms with E-state index in [9.17, 15) is 4.79 Å². The van der Waals surface area contributed by atoms with E-state index in [0.717, 1.165) is 11.4 Å². The van der Waals surface area contributed by atoms with Gasteiger partial charge in [-0.25, -0.2) is 0 Å². The van der Waals surface area contributed by atoms with E-state index in [1.54, 1.807) is 6.20 Å². The Morgan fingerprint density at radius 1 is 1.73 bits per heavy atom. The summed E-state index contributed by atoms with van der Waals surface area (Å²) in [6.45, 7) is 3.77. The van der Waals surface area contributed by atoms with Crippen molar-refractivity contribution in [1.29, 1.82) is 0 Å². The number of carbonyl (C=O) groups excluding carboxylic acids is 1. The standard InChI is InChI=1S/C8H12N2O/c1-3-8(11)10-7-4-6(2)9-5-7/h4-5,9H,3H2,1-2H3,(H,10,11). The highest BCUT2D eigenvalue weighted by atomic mass is 16.1. The maximum atomic E-state index is 10.9. The van der Waals surface area contributed by atoms with Crippen LogP contribution in [0.15, 0.2) is 12.3 Å². The normalized spacial score (nSPS) is 9.64. The van der Waals surface area contributed by atoms with Crippen LogP contribution in [0.2, 0.25) is 0 Å². The Balaban J connectivity index is 2.57. The van der Waals surface area contributed by atoms with Gasteiger partial charge in [-0.1, -0.05) is 6.92 Å². The smallest absolute Gasteiger partial charge is 0.224 e. The van der Waals surface area contributed by atoms with Crippen molar-refractivity contribution in [2.24, 2.45) is 0 Å². The van der Waals surface area contributed by atoms with Gasteiger partial charge in [0, 0.05) is 18.3 Å². The Morgan fingerprint density at radius 2 is 2.45 bits per heavy atom. The number of anilines is 1. The fourth-order valence-corrected chi connectivity index (χ4v) is 0.830. The van der Waals surface area contributed by atoms with Gasteiger partial charge in [0.2, 0.25) is 5.91 Å². The van der Waals surface area contributed by atoms with Gasteiger partial charge in [-0.2, -0.15) is 0 Å².